The average molecular weight is 593 g/mol. The lowest BCUT2D eigenvalue weighted by Gasteiger charge is -2.35. The van der Waals surface area contributed by atoms with Gasteiger partial charge in [0.2, 0.25) is 12.7 Å². The van der Waals surface area contributed by atoms with Crippen LogP contribution in [-0.2, 0) is 16.1 Å². The predicted octanol–water partition coefficient (Wildman–Crippen LogP) is 5.62. The number of likely N-dealkylation sites (tertiary alicyclic amines) is 1. The molecule has 5 rings (SSSR count). The summed E-state index contributed by atoms with van der Waals surface area (Å²) in [6.45, 7) is 7.00. The van der Waals surface area contributed by atoms with Crippen LogP contribution in [0.4, 0.5) is 10.1 Å². The van der Waals surface area contributed by atoms with Gasteiger partial charge in [-0.05, 0) is 73.7 Å². The first kappa shape index (κ1) is 30.5. The number of aliphatic carboxylic acids is 1. The lowest BCUT2D eigenvalue weighted by atomic mass is 9.84. The minimum atomic E-state index is -0.899. The number of carboxylic acid groups (broad SMARTS) is 1. The molecule has 9 nitrogen and oxygen atoms in total. The molecule has 1 fully saturated rings. The van der Waals surface area contributed by atoms with E-state index < -0.39 is 17.9 Å². The molecule has 1 N–H and O–H groups in total. The van der Waals surface area contributed by atoms with E-state index in [1.807, 2.05) is 40.3 Å². The second-order valence-electron chi connectivity index (χ2n) is 11.6. The summed E-state index contributed by atoms with van der Waals surface area (Å²) in [4.78, 5) is 31.1. The monoisotopic (exact) mass is 592 g/mol. The van der Waals surface area contributed by atoms with Crippen LogP contribution in [-0.4, -0.2) is 63.6 Å². The summed E-state index contributed by atoms with van der Waals surface area (Å²) in [6, 6.07) is 11.8. The van der Waals surface area contributed by atoms with E-state index in [9.17, 15) is 19.1 Å². The maximum Gasteiger partial charge on any atom is 0.308 e. The van der Waals surface area contributed by atoms with Gasteiger partial charge in [0.25, 0.3) is 0 Å². The number of carboxylic acids is 1. The number of carbonyl (C=O) groups is 2. The number of amides is 1. The number of ether oxygens (including phenoxy) is 2. The van der Waals surface area contributed by atoms with Gasteiger partial charge in [-0.3, -0.25) is 19.2 Å². The first-order valence-corrected chi connectivity index (χ1v) is 15.2. The van der Waals surface area contributed by atoms with Gasteiger partial charge in [-0.1, -0.05) is 32.8 Å². The number of hydrogen-bond donors (Lipinski definition) is 1. The van der Waals surface area contributed by atoms with Crippen LogP contribution >= 0.6 is 0 Å². The molecule has 43 heavy (non-hydrogen) atoms. The number of carbonyl (C=O) groups excluding carboxylic acids is 1. The van der Waals surface area contributed by atoms with E-state index in [0.717, 1.165) is 31.2 Å². The Morgan fingerprint density at radius 2 is 1.88 bits per heavy atom. The maximum absolute atomic E-state index is 14.3. The summed E-state index contributed by atoms with van der Waals surface area (Å²) < 4.78 is 27.1. The number of benzene rings is 2. The molecule has 3 atom stereocenters. The Balaban J connectivity index is 1.48. The van der Waals surface area contributed by atoms with Crippen molar-refractivity contribution in [3.63, 3.8) is 0 Å². The Kier molecular flexibility index (Phi) is 9.65. The SMILES string of the molecule is CCCC(CCC)N(C(=O)CN1CC(c2ccc3c(c2)OCO3)C(C(=O)O)C1CCn1cccn1)c1ccc(F)c(C)c1. The molecule has 1 saturated heterocycles. The molecule has 1 amide bonds. The van der Waals surface area contributed by atoms with Crippen LogP contribution in [0.3, 0.4) is 0 Å². The Morgan fingerprint density at radius 3 is 2.56 bits per heavy atom. The second kappa shape index (κ2) is 13.6. The normalized spacial score (nSPS) is 19.7. The summed E-state index contributed by atoms with van der Waals surface area (Å²) in [7, 11) is 0. The molecule has 10 heteroatoms. The molecular weight excluding hydrogens is 551 g/mol. The fourth-order valence-corrected chi connectivity index (χ4v) is 6.69. The highest BCUT2D eigenvalue weighted by Gasteiger charge is 2.47. The number of nitrogens with zero attached hydrogens (tertiary/aromatic N) is 4. The van der Waals surface area contributed by atoms with E-state index in [1.165, 1.54) is 6.07 Å². The van der Waals surface area contributed by atoms with Crippen molar-refractivity contribution < 1.29 is 28.6 Å². The van der Waals surface area contributed by atoms with Gasteiger partial charge in [-0.15, -0.1) is 0 Å². The third kappa shape index (κ3) is 6.69. The first-order valence-electron chi connectivity index (χ1n) is 15.2. The Bertz CT molecular complexity index is 1410. The fraction of sp³-hybridized carbons (Fsp3) is 0.485. The summed E-state index contributed by atoms with van der Waals surface area (Å²) in [6.07, 6.45) is 7.50. The van der Waals surface area contributed by atoms with Gasteiger partial charge in [0.15, 0.2) is 11.5 Å². The molecule has 0 spiro atoms. The van der Waals surface area contributed by atoms with E-state index in [1.54, 1.807) is 29.9 Å². The minimum absolute atomic E-state index is 0.0441. The van der Waals surface area contributed by atoms with Gasteiger partial charge in [-0.25, -0.2) is 4.39 Å². The number of halogens is 1. The molecule has 2 aliphatic rings. The van der Waals surface area contributed by atoms with Crippen LogP contribution in [0.15, 0.2) is 54.9 Å². The van der Waals surface area contributed by atoms with Crippen LogP contribution in [0.5, 0.6) is 11.5 Å². The fourth-order valence-electron chi connectivity index (χ4n) is 6.69. The van der Waals surface area contributed by atoms with E-state index in [4.69, 9.17) is 9.47 Å². The van der Waals surface area contributed by atoms with Crippen molar-refractivity contribution in [1.82, 2.24) is 14.7 Å². The Morgan fingerprint density at radius 1 is 1.12 bits per heavy atom. The van der Waals surface area contributed by atoms with Crippen molar-refractivity contribution >= 4 is 17.6 Å². The Hall–Kier alpha value is -3.92. The standard InChI is InChI=1S/C33H41FN4O5/c1-4-7-24(8-5-2)38(25-10-11-27(34)22(3)17-25)31(39)20-36-19-26(23-9-12-29-30(18-23)43-21-42-29)32(33(40)41)28(36)13-16-37-15-6-14-35-37/h6,9-12,14-15,17-18,24,26,28,32H,4-5,7-8,13,16,19-21H2,1-3H3,(H,40,41). The number of fused-ring (bicyclic) bond motifs is 1. The number of anilines is 1. The number of hydrogen-bond acceptors (Lipinski definition) is 6. The molecule has 0 aliphatic carbocycles. The summed E-state index contributed by atoms with van der Waals surface area (Å²) in [5.74, 6) is -1.18. The van der Waals surface area contributed by atoms with Gasteiger partial charge >= 0.3 is 5.97 Å². The molecule has 0 radical (unpaired) electrons. The second-order valence-corrected chi connectivity index (χ2v) is 11.6. The molecule has 2 aromatic carbocycles. The van der Waals surface area contributed by atoms with Crippen LogP contribution in [0.1, 0.15) is 63.0 Å². The van der Waals surface area contributed by atoms with Crippen molar-refractivity contribution in [2.24, 2.45) is 5.92 Å². The van der Waals surface area contributed by atoms with Gasteiger partial charge < -0.3 is 19.5 Å². The van der Waals surface area contributed by atoms with Gasteiger partial charge in [0.05, 0.1) is 12.5 Å². The van der Waals surface area contributed by atoms with Crippen LogP contribution in [0, 0.1) is 18.7 Å². The molecular formula is C33H41FN4O5. The summed E-state index contributed by atoms with van der Waals surface area (Å²) >= 11 is 0. The smallest absolute Gasteiger partial charge is 0.308 e. The molecule has 0 bridgehead atoms. The van der Waals surface area contributed by atoms with Crippen LogP contribution in [0.25, 0.3) is 0 Å². The van der Waals surface area contributed by atoms with E-state index in [0.29, 0.717) is 42.3 Å². The summed E-state index contributed by atoms with van der Waals surface area (Å²) in [5, 5.41) is 14.9. The first-order chi connectivity index (χ1) is 20.8. The molecule has 1 aromatic heterocycles. The zero-order valence-electron chi connectivity index (χ0n) is 25.1. The number of aryl methyl sites for hydroxylation is 2. The topological polar surface area (TPSA) is 97.1 Å². The van der Waals surface area contributed by atoms with Crippen LogP contribution < -0.4 is 14.4 Å². The van der Waals surface area contributed by atoms with E-state index in [2.05, 4.69) is 18.9 Å². The van der Waals surface area contributed by atoms with Gasteiger partial charge in [0, 0.05) is 49.2 Å². The lowest BCUT2D eigenvalue weighted by molar-refractivity contribution is -0.143. The highest BCUT2D eigenvalue weighted by molar-refractivity contribution is 5.95. The van der Waals surface area contributed by atoms with Crippen molar-refractivity contribution in [2.75, 3.05) is 24.8 Å². The minimum Gasteiger partial charge on any atom is -0.481 e. The zero-order chi connectivity index (χ0) is 30.5. The zero-order valence-corrected chi connectivity index (χ0v) is 25.1. The highest BCUT2D eigenvalue weighted by atomic mass is 19.1. The molecule has 3 aromatic rings. The van der Waals surface area contributed by atoms with Gasteiger partial charge in [0.1, 0.15) is 5.82 Å². The van der Waals surface area contributed by atoms with Crippen LogP contribution in [0.2, 0.25) is 0 Å². The van der Waals surface area contributed by atoms with Crippen molar-refractivity contribution in [3.05, 3.63) is 71.8 Å². The number of aromatic nitrogens is 2. The summed E-state index contributed by atoms with van der Waals surface area (Å²) in [5.41, 5.74) is 2.00. The molecule has 2 aliphatic heterocycles. The van der Waals surface area contributed by atoms with Crippen molar-refractivity contribution in [1.29, 1.82) is 0 Å². The maximum atomic E-state index is 14.3. The predicted molar refractivity (Wildman–Crippen MR) is 161 cm³/mol. The van der Waals surface area contributed by atoms with E-state index >= 15 is 0 Å². The highest BCUT2D eigenvalue weighted by Crippen LogP contribution is 2.43. The third-order valence-corrected chi connectivity index (χ3v) is 8.71. The third-order valence-electron chi connectivity index (χ3n) is 8.71. The average Bonchev–Trinajstić information content (AvgIpc) is 3.74. The van der Waals surface area contributed by atoms with Crippen molar-refractivity contribution in [2.45, 2.75) is 77.4 Å². The number of rotatable bonds is 13. The molecule has 0 saturated carbocycles. The van der Waals surface area contributed by atoms with Crippen molar-refractivity contribution in [3.8, 4) is 11.5 Å². The largest absolute Gasteiger partial charge is 0.481 e. The lowest BCUT2D eigenvalue weighted by Crippen LogP contribution is -2.48. The molecule has 230 valence electrons. The van der Waals surface area contributed by atoms with Gasteiger partial charge in [-0.2, -0.15) is 5.10 Å². The molecule has 3 heterocycles. The van der Waals surface area contributed by atoms with E-state index in [-0.39, 0.29) is 37.0 Å². The quantitative estimate of drug-likeness (QED) is 0.275. The Labute approximate surface area is 252 Å². The molecule has 3 unspecified atom stereocenters.